The van der Waals surface area contributed by atoms with Crippen molar-refractivity contribution >= 4 is 11.9 Å². The van der Waals surface area contributed by atoms with Gasteiger partial charge < -0.3 is 15.1 Å². The first-order chi connectivity index (χ1) is 11.1. The minimum absolute atomic E-state index is 0.0582. The maximum Gasteiger partial charge on any atom is 0.318 e. The number of nitrogens with zero attached hydrogens (tertiary/aromatic N) is 2. The highest BCUT2D eigenvalue weighted by atomic mass is 16.2. The van der Waals surface area contributed by atoms with E-state index in [1.165, 1.54) is 5.56 Å². The monoisotopic (exact) mass is 317 g/mol. The molecule has 1 N–H and O–H groups in total. The van der Waals surface area contributed by atoms with E-state index in [-0.39, 0.29) is 18.0 Å². The Balaban J connectivity index is 1.89. The average molecular weight is 317 g/mol. The second kappa shape index (κ2) is 8.56. The Morgan fingerprint density at radius 1 is 1.26 bits per heavy atom. The second-order valence-corrected chi connectivity index (χ2v) is 6.08. The lowest BCUT2D eigenvalue weighted by molar-refractivity contribution is -0.138. The number of hydrogen-bond acceptors (Lipinski definition) is 2. The molecule has 0 spiro atoms. The molecule has 0 saturated carbocycles. The van der Waals surface area contributed by atoms with E-state index >= 15 is 0 Å². The van der Waals surface area contributed by atoms with Crippen LogP contribution in [0.1, 0.15) is 31.7 Å². The van der Waals surface area contributed by atoms with E-state index in [2.05, 4.69) is 24.4 Å². The van der Waals surface area contributed by atoms with Crippen molar-refractivity contribution in [2.75, 3.05) is 26.7 Å². The molecule has 0 aliphatic carbocycles. The molecule has 126 valence electrons. The van der Waals surface area contributed by atoms with Crippen LogP contribution in [-0.2, 0) is 11.2 Å². The highest BCUT2D eigenvalue weighted by molar-refractivity contribution is 5.88. The number of benzene rings is 1. The van der Waals surface area contributed by atoms with Crippen LogP contribution in [0.5, 0.6) is 0 Å². The number of amides is 3. The van der Waals surface area contributed by atoms with E-state index in [1.807, 2.05) is 25.2 Å². The summed E-state index contributed by atoms with van der Waals surface area (Å²) in [6.07, 6.45) is 3.52. The van der Waals surface area contributed by atoms with E-state index in [0.717, 1.165) is 25.7 Å². The van der Waals surface area contributed by atoms with Gasteiger partial charge in [0.1, 0.15) is 6.04 Å². The summed E-state index contributed by atoms with van der Waals surface area (Å²) < 4.78 is 0. The zero-order valence-electron chi connectivity index (χ0n) is 14.1. The van der Waals surface area contributed by atoms with Crippen LogP contribution in [-0.4, -0.2) is 54.5 Å². The first-order valence-corrected chi connectivity index (χ1v) is 8.47. The van der Waals surface area contributed by atoms with Crippen LogP contribution >= 0.6 is 0 Å². The van der Waals surface area contributed by atoms with Crippen LogP contribution in [0.15, 0.2) is 30.3 Å². The normalized spacial score (nSPS) is 18.2. The largest absolute Gasteiger partial charge is 0.342 e. The summed E-state index contributed by atoms with van der Waals surface area (Å²) in [5, 5.41) is 2.96. The molecular formula is C18H27N3O2. The van der Waals surface area contributed by atoms with Crippen LogP contribution in [0.3, 0.4) is 0 Å². The lowest BCUT2D eigenvalue weighted by atomic mass is 10.0. The maximum absolute atomic E-state index is 12.5. The Hall–Kier alpha value is -2.04. The molecule has 2 rings (SSSR count). The minimum atomic E-state index is -0.314. The zero-order valence-corrected chi connectivity index (χ0v) is 14.1. The number of rotatable bonds is 6. The molecule has 23 heavy (non-hydrogen) atoms. The summed E-state index contributed by atoms with van der Waals surface area (Å²) in [7, 11) is 1.81. The van der Waals surface area contributed by atoms with Crippen LogP contribution in [0, 0.1) is 0 Å². The van der Waals surface area contributed by atoms with Gasteiger partial charge in [-0.15, -0.1) is 0 Å². The summed E-state index contributed by atoms with van der Waals surface area (Å²) in [5.74, 6) is 0.0582. The Labute approximate surface area is 138 Å². The molecular weight excluding hydrogens is 290 g/mol. The third-order valence-electron chi connectivity index (χ3n) is 4.34. The number of piperazine rings is 1. The number of unbranched alkanes of at least 4 members (excludes halogenated alkanes) is 1. The van der Waals surface area contributed by atoms with Gasteiger partial charge in [0.25, 0.3) is 0 Å². The molecule has 0 bridgehead atoms. The SMILES string of the molecule is CCCCC1C(=O)N(C)CCN1C(=O)NCCc1ccccc1. The van der Waals surface area contributed by atoms with E-state index in [0.29, 0.717) is 19.6 Å². The number of hydrogen-bond donors (Lipinski definition) is 1. The van der Waals surface area contributed by atoms with Crippen LogP contribution in [0.25, 0.3) is 0 Å². The molecule has 3 amide bonds. The van der Waals surface area contributed by atoms with Gasteiger partial charge in [0.15, 0.2) is 0 Å². The molecule has 1 aromatic rings. The number of carbonyl (C=O) groups excluding carboxylic acids is 2. The average Bonchev–Trinajstić information content (AvgIpc) is 2.57. The third-order valence-corrected chi connectivity index (χ3v) is 4.34. The highest BCUT2D eigenvalue weighted by Crippen LogP contribution is 2.16. The van der Waals surface area contributed by atoms with E-state index in [1.54, 1.807) is 9.80 Å². The fourth-order valence-corrected chi connectivity index (χ4v) is 2.89. The van der Waals surface area contributed by atoms with Gasteiger partial charge in [-0.05, 0) is 18.4 Å². The van der Waals surface area contributed by atoms with Gasteiger partial charge in [0.05, 0.1) is 0 Å². The smallest absolute Gasteiger partial charge is 0.318 e. The molecule has 1 fully saturated rings. The first-order valence-electron chi connectivity index (χ1n) is 8.47. The zero-order chi connectivity index (χ0) is 16.7. The third kappa shape index (κ3) is 4.71. The fourth-order valence-electron chi connectivity index (χ4n) is 2.89. The van der Waals surface area contributed by atoms with Crippen molar-refractivity contribution in [1.82, 2.24) is 15.1 Å². The molecule has 5 heteroatoms. The van der Waals surface area contributed by atoms with Crippen LogP contribution in [0.2, 0.25) is 0 Å². The van der Waals surface area contributed by atoms with E-state index in [9.17, 15) is 9.59 Å². The Morgan fingerprint density at radius 3 is 2.70 bits per heavy atom. The molecule has 5 nitrogen and oxygen atoms in total. The molecule has 0 radical (unpaired) electrons. The number of carbonyl (C=O) groups is 2. The molecule has 1 saturated heterocycles. The van der Waals surface area contributed by atoms with Crippen molar-refractivity contribution in [2.45, 2.75) is 38.6 Å². The molecule has 1 aliphatic rings. The van der Waals surface area contributed by atoms with Crippen molar-refractivity contribution in [3.63, 3.8) is 0 Å². The van der Waals surface area contributed by atoms with Gasteiger partial charge in [-0.3, -0.25) is 4.79 Å². The molecule has 0 aromatic heterocycles. The van der Waals surface area contributed by atoms with Crippen molar-refractivity contribution in [3.05, 3.63) is 35.9 Å². The van der Waals surface area contributed by atoms with Gasteiger partial charge in [0, 0.05) is 26.7 Å². The summed E-state index contributed by atoms with van der Waals surface area (Å²) in [5.41, 5.74) is 1.20. The molecule has 1 heterocycles. The van der Waals surface area contributed by atoms with Crippen LogP contribution < -0.4 is 5.32 Å². The molecule has 1 aliphatic heterocycles. The molecule has 1 aromatic carbocycles. The Morgan fingerprint density at radius 2 is 2.00 bits per heavy atom. The quantitative estimate of drug-likeness (QED) is 0.875. The predicted octanol–water partition coefficient (Wildman–Crippen LogP) is 2.27. The second-order valence-electron chi connectivity index (χ2n) is 6.08. The first kappa shape index (κ1) is 17.3. The Kier molecular flexibility index (Phi) is 6.44. The molecule has 1 unspecified atom stereocenters. The summed E-state index contributed by atoms with van der Waals surface area (Å²) in [4.78, 5) is 28.2. The Bertz CT molecular complexity index is 518. The standard InChI is InChI=1S/C18H27N3O2/c1-3-4-10-16-17(22)20(2)13-14-21(16)18(23)19-12-11-15-8-6-5-7-9-15/h5-9,16H,3-4,10-14H2,1-2H3,(H,19,23). The predicted molar refractivity (Wildman–Crippen MR) is 91.2 cm³/mol. The van der Waals surface area contributed by atoms with Gasteiger partial charge in [-0.1, -0.05) is 50.1 Å². The summed E-state index contributed by atoms with van der Waals surface area (Å²) >= 11 is 0. The number of nitrogens with one attached hydrogen (secondary N) is 1. The van der Waals surface area contributed by atoms with Gasteiger partial charge in [0.2, 0.25) is 5.91 Å². The van der Waals surface area contributed by atoms with Crippen molar-refractivity contribution in [3.8, 4) is 0 Å². The molecule has 1 atom stereocenters. The minimum Gasteiger partial charge on any atom is -0.342 e. The topological polar surface area (TPSA) is 52.7 Å². The van der Waals surface area contributed by atoms with Gasteiger partial charge in [-0.25, -0.2) is 4.79 Å². The summed E-state index contributed by atoms with van der Waals surface area (Å²) in [6.45, 7) is 3.90. The van der Waals surface area contributed by atoms with Crippen molar-refractivity contribution in [1.29, 1.82) is 0 Å². The van der Waals surface area contributed by atoms with E-state index in [4.69, 9.17) is 0 Å². The van der Waals surface area contributed by atoms with Crippen molar-refractivity contribution < 1.29 is 9.59 Å². The lowest BCUT2D eigenvalue weighted by Crippen LogP contribution is -2.59. The van der Waals surface area contributed by atoms with E-state index < -0.39 is 0 Å². The summed E-state index contributed by atoms with van der Waals surface area (Å²) in [6, 6.07) is 9.64. The lowest BCUT2D eigenvalue weighted by Gasteiger charge is -2.39. The van der Waals surface area contributed by atoms with Gasteiger partial charge >= 0.3 is 6.03 Å². The highest BCUT2D eigenvalue weighted by Gasteiger charge is 2.35. The van der Waals surface area contributed by atoms with Crippen molar-refractivity contribution in [2.24, 2.45) is 0 Å². The fraction of sp³-hybridized carbons (Fsp3) is 0.556. The number of likely N-dealkylation sites (N-methyl/N-ethyl adjacent to an activating group) is 1. The van der Waals surface area contributed by atoms with Crippen LogP contribution in [0.4, 0.5) is 4.79 Å². The number of urea groups is 1. The van der Waals surface area contributed by atoms with Gasteiger partial charge in [-0.2, -0.15) is 0 Å². The maximum atomic E-state index is 12.5.